The first kappa shape index (κ1) is 18.5. The van der Waals surface area contributed by atoms with Gasteiger partial charge in [-0.05, 0) is 75.6 Å². The molecule has 5 nitrogen and oxygen atoms in total. The largest absolute Gasteiger partial charge is 0.481 e. The van der Waals surface area contributed by atoms with E-state index in [2.05, 4.69) is 9.80 Å². The van der Waals surface area contributed by atoms with Gasteiger partial charge in [0.15, 0.2) is 0 Å². The van der Waals surface area contributed by atoms with Gasteiger partial charge in [-0.1, -0.05) is 18.2 Å². The third kappa shape index (κ3) is 3.75. The average Bonchev–Trinajstić information content (AvgIpc) is 2.69. The van der Waals surface area contributed by atoms with Crippen molar-refractivity contribution in [2.75, 3.05) is 19.6 Å². The van der Waals surface area contributed by atoms with E-state index < -0.39 is 5.97 Å². The molecule has 5 heteroatoms. The van der Waals surface area contributed by atoms with Crippen LogP contribution >= 0.6 is 0 Å². The summed E-state index contributed by atoms with van der Waals surface area (Å²) in [5, 5.41) is 9.07. The average molecular weight is 370 g/mol. The molecule has 3 fully saturated rings. The normalized spacial score (nSPS) is 30.6. The number of piperidine rings is 3. The molecule has 3 aliphatic heterocycles. The number of carbonyl (C=O) groups is 2. The summed E-state index contributed by atoms with van der Waals surface area (Å²) in [7, 11) is 0. The molecule has 146 valence electrons. The van der Waals surface area contributed by atoms with E-state index >= 15 is 0 Å². The standard InChI is InChI=1S/C22H30N2O3/c25-20(26)12-4-11-19-18-10-6-14-23-13-5-9-17(21(18)23)15-24(19)22(27)16-7-2-1-3-8-16/h1-3,7-8,17-19,21H,4-6,9-15H2,(H,25,26)/t17-,18+,19+,21-/m0/s1. The maximum absolute atomic E-state index is 13.3. The van der Waals surface area contributed by atoms with E-state index in [1.807, 2.05) is 30.3 Å². The predicted molar refractivity (Wildman–Crippen MR) is 104 cm³/mol. The highest BCUT2D eigenvalue weighted by molar-refractivity contribution is 5.94. The quantitative estimate of drug-likeness (QED) is 0.864. The van der Waals surface area contributed by atoms with Crippen molar-refractivity contribution in [2.45, 2.75) is 57.0 Å². The van der Waals surface area contributed by atoms with Crippen LogP contribution in [0.15, 0.2) is 30.3 Å². The molecule has 0 saturated carbocycles. The van der Waals surface area contributed by atoms with Crippen molar-refractivity contribution in [3.8, 4) is 0 Å². The van der Waals surface area contributed by atoms with Gasteiger partial charge in [-0.15, -0.1) is 0 Å². The minimum absolute atomic E-state index is 0.122. The van der Waals surface area contributed by atoms with Crippen molar-refractivity contribution < 1.29 is 14.7 Å². The molecule has 3 heterocycles. The molecule has 0 spiro atoms. The number of nitrogens with zero attached hydrogens (tertiary/aromatic N) is 2. The van der Waals surface area contributed by atoms with Crippen LogP contribution in [0, 0.1) is 11.8 Å². The summed E-state index contributed by atoms with van der Waals surface area (Å²) in [6, 6.07) is 10.3. The lowest BCUT2D eigenvalue weighted by molar-refractivity contribution is -0.137. The molecule has 1 aromatic rings. The molecule has 1 amide bonds. The summed E-state index contributed by atoms with van der Waals surface area (Å²) in [6.45, 7) is 3.20. The minimum Gasteiger partial charge on any atom is -0.481 e. The molecule has 4 atom stereocenters. The molecule has 0 radical (unpaired) electrons. The van der Waals surface area contributed by atoms with Gasteiger partial charge in [-0.2, -0.15) is 0 Å². The maximum atomic E-state index is 13.3. The van der Waals surface area contributed by atoms with Gasteiger partial charge >= 0.3 is 5.97 Å². The second kappa shape index (κ2) is 8.01. The van der Waals surface area contributed by atoms with Crippen LogP contribution in [-0.2, 0) is 4.79 Å². The van der Waals surface area contributed by atoms with E-state index in [0.29, 0.717) is 24.3 Å². The fourth-order valence-electron chi connectivity index (χ4n) is 5.81. The topological polar surface area (TPSA) is 60.9 Å². The highest BCUT2D eigenvalue weighted by Gasteiger charge is 2.49. The molecule has 0 unspecified atom stereocenters. The summed E-state index contributed by atoms with van der Waals surface area (Å²) in [5.74, 6) is 0.427. The van der Waals surface area contributed by atoms with Crippen LogP contribution in [0.25, 0.3) is 0 Å². The van der Waals surface area contributed by atoms with Crippen LogP contribution in [-0.4, -0.2) is 58.5 Å². The van der Waals surface area contributed by atoms with Crippen molar-refractivity contribution in [1.29, 1.82) is 0 Å². The van der Waals surface area contributed by atoms with Crippen LogP contribution in [0.5, 0.6) is 0 Å². The van der Waals surface area contributed by atoms with Crippen LogP contribution in [0.3, 0.4) is 0 Å². The number of benzene rings is 1. The number of hydrogen-bond donors (Lipinski definition) is 1. The maximum Gasteiger partial charge on any atom is 0.303 e. The zero-order valence-electron chi connectivity index (χ0n) is 15.9. The number of carboxylic acid groups (broad SMARTS) is 1. The van der Waals surface area contributed by atoms with Crippen LogP contribution in [0.4, 0.5) is 0 Å². The zero-order chi connectivity index (χ0) is 18.8. The second-order valence-electron chi connectivity index (χ2n) is 8.41. The monoisotopic (exact) mass is 370 g/mol. The molecule has 1 N–H and O–H groups in total. The van der Waals surface area contributed by atoms with Gasteiger partial charge in [0, 0.05) is 30.6 Å². The highest BCUT2D eigenvalue weighted by Crippen LogP contribution is 2.43. The number of carboxylic acids is 1. The van der Waals surface area contributed by atoms with Gasteiger partial charge in [0.05, 0.1) is 0 Å². The molecule has 1 aromatic carbocycles. The van der Waals surface area contributed by atoms with Gasteiger partial charge in [0.1, 0.15) is 0 Å². The molecular formula is C22H30N2O3. The first-order valence-corrected chi connectivity index (χ1v) is 10.5. The van der Waals surface area contributed by atoms with Gasteiger partial charge < -0.3 is 10.0 Å². The first-order chi connectivity index (χ1) is 13.1. The zero-order valence-corrected chi connectivity index (χ0v) is 15.9. The molecule has 4 rings (SSSR count). The van der Waals surface area contributed by atoms with Crippen LogP contribution in [0.1, 0.15) is 55.3 Å². The molecule has 0 aliphatic carbocycles. The third-order valence-electron chi connectivity index (χ3n) is 6.84. The number of likely N-dealkylation sites (tertiary alicyclic amines) is 1. The lowest BCUT2D eigenvalue weighted by atomic mass is 9.69. The Kier molecular flexibility index (Phi) is 5.48. The molecule has 27 heavy (non-hydrogen) atoms. The highest BCUT2D eigenvalue weighted by atomic mass is 16.4. The second-order valence-corrected chi connectivity index (χ2v) is 8.41. The van der Waals surface area contributed by atoms with E-state index in [9.17, 15) is 9.59 Å². The molecule has 3 aliphatic rings. The lowest BCUT2D eigenvalue weighted by Gasteiger charge is -2.57. The van der Waals surface area contributed by atoms with Crippen molar-refractivity contribution >= 4 is 11.9 Å². The molecule has 0 bridgehead atoms. The fourth-order valence-corrected chi connectivity index (χ4v) is 5.81. The summed E-state index contributed by atoms with van der Waals surface area (Å²) in [5.41, 5.74) is 0.752. The Morgan fingerprint density at radius 2 is 1.81 bits per heavy atom. The summed E-state index contributed by atoms with van der Waals surface area (Å²) in [4.78, 5) is 29.1. The molecule has 0 aromatic heterocycles. The number of hydrogen-bond acceptors (Lipinski definition) is 3. The van der Waals surface area contributed by atoms with Crippen LogP contribution < -0.4 is 0 Å². The van der Waals surface area contributed by atoms with Crippen molar-refractivity contribution in [3.63, 3.8) is 0 Å². The molecular weight excluding hydrogens is 340 g/mol. The number of aliphatic carboxylic acids is 1. The first-order valence-electron chi connectivity index (χ1n) is 10.5. The Bertz CT molecular complexity index is 675. The van der Waals surface area contributed by atoms with Crippen LogP contribution in [0.2, 0.25) is 0 Å². The molecule has 3 saturated heterocycles. The summed E-state index contributed by atoms with van der Waals surface area (Å²) in [6.07, 6.45) is 6.42. The number of amides is 1. The van der Waals surface area contributed by atoms with Gasteiger partial charge in [-0.3, -0.25) is 14.5 Å². The SMILES string of the molecule is O=C(O)CCC[C@@H]1[C@H]2CCCN3CCC[C@@H](CN1C(=O)c1ccccc1)[C@@H]23. The summed E-state index contributed by atoms with van der Waals surface area (Å²) >= 11 is 0. The lowest BCUT2D eigenvalue weighted by Crippen LogP contribution is -2.65. The summed E-state index contributed by atoms with van der Waals surface area (Å²) < 4.78 is 0. The number of carbonyl (C=O) groups excluding carboxylic acids is 1. The minimum atomic E-state index is -0.743. The van der Waals surface area contributed by atoms with Crippen molar-refractivity contribution in [3.05, 3.63) is 35.9 Å². The number of rotatable bonds is 5. The third-order valence-corrected chi connectivity index (χ3v) is 6.84. The Labute approximate surface area is 161 Å². The van der Waals surface area contributed by atoms with E-state index in [0.717, 1.165) is 24.9 Å². The Morgan fingerprint density at radius 1 is 1.07 bits per heavy atom. The predicted octanol–water partition coefficient (Wildman–Crippen LogP) is 3.26. The smallest absolute Gasteiger partial charge is 0.303 e. The van der Waals surface area contributed by atoms with Gasteiger partial charge in [0.25, 0.3) is 5.91 Å². The Hall–Kier alpha value is -1.88. The van der Waals surface area contributed by atoms with E-state index in [4.69, 9.17) is 5.11 Å². The Balaban J connectivity index is 1.60. The Morgan fingerprint density at radius 3 is 2.56 bits per heavy atom. The van der Waals surface area contributed by atoms with E-state index in [-0.39, 0.29) is 18.4 Å². The van der Waals surface area contributed by atoms with Gasteiger partial charge in [-0.25, -0.2) is 0 Å². The fraction of sp³-hybridized carbons (Fsp3) is 0.636. The van der Waals surface area contributed by atoms with Crippen molar-refractivity contribution in [2.24, 2.45) is 11.8 Å². The van der Waals surface area contributed by atoms with E-state index in [1.165, 1.54) is 32.4 Å². The van der Waals surface area contributed by atoms with E-state index in [1.54, 1.807) is 0 Å². The van der Waals surface area contributed by atoms with Crippen molar-refractivity contribution in [1.82, 2.24) is 9.80 Å². The van der Waals surface area contributed by atoms with Gasteiger partial charge in [0.2, 0.25) is 0 Å².